The summed E-state index contributed by atoms with van der Waals surface area (Å²) in [6.07, 6.45) is 4.02. The average Bonchev–Trinajstić information content (AvgIpc) is 2.48. The highest BCUT2D eigenvalue weighted by atomic mass is 16.5. The molecule has 0 bridgehead atoms. The number of nitrogens with zero attached hydrogens (tertiary/aromatic N) is 1. The van der Waals surface area contributed by atoms with Crippen molar-refractivity contribution >= 4 is 0 Å². The molecule has 0 saturated carbocycles. The van der Waals surface area contributed by atoms with E-state index in [1.807, 2.05) is 41.1 Å². The molecule has 1 heterocycles. The van der Waals surface area contributed by atoms with Crippen LogP contribution >= 0.6 is 0 Å². The number of methoxy groups -OCH3 is 1. The second-order valence-corrected chi connectivity index (χ2v) is 5.03. The molecule has 1 aromatic carbocycles. The zero-order valence-electron chi connectivity index (χ0n) is 12.3. The van der Waals surface area contributed by atoms with Crippen molar-refractivity contribution in [2.75, 3.05) is 7.11 Å². The molecule has 1 aromatic heterocycles. The number of hydrogen-bond donors (Lipinski definition) is 0. The van der Waals surface area contributed by atoms with E-state index in [1.54, 1.807) is 13.2 Å². The molecule has 2 aromatic rings. The molecule has 0 spiro atoms. The van der Waals surface area contributed by atoms with E-state index < -0.39 is 0 Å². The average molecular weight is 271 g/mol. The number of aromatic nitrogens is 1. The summed E-state index contributed by atoms with van der Waals surface area (Å²) in [6, 6.07) is 11.6. The summed E-state index contributed by atoms with van der Waals surface area (Å²) in [4.78, 5) is 12.0. The van der Waals surface area contributed by atoms with Gasteiger partial charge < -0.3 is 9.30 Å². The van der Waals surface area contributed by atoms with E-state index in [2.05, 4.69) is 13.8 Å². The molecule has 0 N–H and O–H groups in total. The van der Waals surface area contributed by atoms with Crippen LogP contribution in [-0.4, -0.2) is 11.7 Å². The maximum atomic E-state index is 12.0. The number of pyridine rings is 1. The molecule has 0 aliphatic rings. The van der Waals surface area contributed by atoms with Gasteiger partial charge >= 0.3 is 0 Å². The van der Waals surface area contributed by atoms with Crippen LogP contribution in [0.2, 0.25) is 0 Å². The van der Waals surface area contributed by atoms with Crippen molar-refractivity contribution < 1.29 is 4.74 Å². The van der Waals surface area contributed by atoms with E-state index in [-0.39, 0.29) is 11.6 Å². The van der Waals surface area contributed by atoms with Crippen molar-refractivity contribution in [1.29, 1.82) is 0 Å². The predicted molar refractivity (Wildman–Crippen MR) is 82.3 cm³/mol. The highest BCUT2D eigenvalue weighted by Crippen LogP contribution is 2.22. The Morgan fingerprint density at radius 3 is 2.35 bits per heavy atom. The van der Waals surface area contributed by atoms with Crippen molar-refractivity contribution in [3.8, 4) is 16.9 Å². The van der Waals surface area contributed by atoms with Crippen molar-refractivity contribution in [2.45, 2.75) is 32.7 Å². The monoisotopic (exact) mass is 271 g/mol. The fourth-order valence-electron chi connectivity index (χ4n) is 2.36. The minimum absolute atomic E-state index is 0.0585. The molecule has 0 aliphatic heterocycles. The standard InChI is InChI=1S/C17H21NO2/c1-4-5-13(2)18-12-15(8-11-17(18)19)14-6-9-16(20-3)10-7-14/h6-13H,4-5H2,1-3H3. The first-order chi connectivity index (χ1) is 9.65. The molecule has 0 radical (unpaired) electrons. The van der Waals surface area contributed by atoms with Crippen LogP contribution in [0.15, 0.2) is 47.4 Å². The minimum Gasteiger partial charge on any atom is -0.497 e. The van der Waals surface area contributed by atoms with Crippen LogP contribution in [0.5, 0.6) is 5.75 Å². The van der Waals surface area contributed by atoms with E-state index in [0.717, 1.165) is 29.7 Å². The van der Waals surface area contributed by atoms with Crippen LogP contribution in [0, 0.1) is 0 Å². The minimum atomic E-state index is 0.0585. The summed E-state index contributed by atoms with van der Waals surface area (Å²) < 4.78 is 6.99. The third-order valence-corrected chi connectivity index (χ3v) is 3.54. The largest absolute Gasteiger partial charge is 0.497 e. The topological polar surface area (TPSA) is 31.2 Å². The quantitative estimate of drug-likeness (QED) is 0.826. The molecule has 0 fully saturated rings. The van der Waals surface area contributed by atoms with Crippen LogP contribution in [0.3, 0.4) is 0 Å². The fraction of sp³-hybridized carbons (Fsp3) is 0.353. The summed E-state index contributed by atoms with van der Waals surface area (Å²) in [6.45, 7) is 4.22. The first kappa shape index (κ1) is 14.4. The second kappa shape index (κ2) is 6.42. The van der Waals surface area contributed by atoms with Gasteiger partial charge in [-0.25, -0.2) is 0 Å². The summed E-state index contributed by atoms with van der Waals surface area (Å²) in [5.74, 6) is 0.835. The first-order valence-corrected chi connectivity index (χ1v) is 7.02. The van der Waals surface area contributed by atoms with Gasteiger partial charge in [0.15, 0.2) is 0 Å². The summed E-state index contributed by atoms with van der Waals surface area (Å²) in [5, 5.41) is 0. The van der Waals surface area contributed by atoms with Gasteiger partial charge in [0.25, 0.3) is 5.56 Å². The predicted octanol–water partition coefficient (Wildman–Crippen LogP) is 3.89. The van der Waals surface area contributed by atoms with Crippen LogP contribution in [0.1, 0.15) is 32.7 Å². The number of rotatable bonds is 5. The Morgan fingerprint density at radius 1 is 1.10 bits per heavy atom. The van der Waals surface area contributed by atoms with Crippen LogP contribution < -0.4 is 10.3 Å². The SMILES string of the molecule is CCCC(C)n1cc(-c2ccc(OC)cc2)ccc1=O. The van der Waals surface area contributed by atoms with Crippen LogP contribution in [-0.2, 0) is 0 Å². The molecule has 1 atom stereocenters. The third kappa shape index (κ3) is 3.10. The van der Waals surface area contributed by atoms with Gasteiger partial charge in [-0.05, 0) is 42.7 Å². The Hall–Kier alpha value is -2.03. The van der Waals surface area contributed by atoms with E-state index in [1.165, 1.54) is 0 Å². The Morgan fingerprint density at radius 2 is 1.75 bits per heavy atom. The lowest BCUT2D eigenvalue weighted by Gasteiger charge is -2.15. The smallest absolute Gasteiger partial charge is 0.250 e. The highest BCUT2D eigenvalue weighted by molar-refractivity contribution is 5.63. The Balaban J connectivity index is 2.37. The highest BCUT2D eigenvalue weighted by Gasteiger charge is 2.07. The lowest BCUT2D eigenvalue weighted by atomic mass is 10.1. The van der Waals surface area contributed by atoms with Gasteiger partial charge in [-0.15, -0.1) is 0 Å². The number of hydrogen-bond acceptors (Lipinski definition) is 2. The lowest BCUT2D eigenvalue weighted by Crippen LogP contribution is -2.21. The zero-order chi connectivity index (χ0) is 14.5. The van der Waals surface area contributed by atoms with Crippen molar-refractivity contribution in [3.63, 3.8) is 0 Å². The van der Waals surface area contributed by atoms with E-state index in [0.29, 0.717) is 0 Å². The summed E-state index contributed by atoms with van der Waals surface area (Å²) in [7, 11) is 1.65. The molecule has 0 aliphatic carbocycles. The molecule has 2 rings (SSSR count). The van der Waals surface area contributed by atoms with Gasteiger partial charge in [-0.1, -0.05) is 25.5 Å². The number of ether oxygens (including phenoxy) is 1. The van der Waals surface area contributed by atoms with Gasteiger partial charge in [-0.3, -0.25) is 4.79 Å². The summed E-state index contributed by atoms with van der Waals surface area (Å²) >= 11 is 0. The van der Waals surface area contributed by atoms with Gasteiger partial charge in [0.05, 0.1) is 7.11 Å². The van der Waals surface area contributed by atoms with Crippen LogP contribution in [0.25, 0.3) is 11.1 Å². The third-order valence-electron chi connectivity index (χ3n) is 3.54. The van der Waals surface area contributed by atoms with Crippen molar-refractivity contribution in [2.24, 2.45) is 0 Å². The normalized spacial score (nSPS) is 12.2. The van der Waals surface area contributed by atoms with E-state index in [4.69, 9.17) is 4.74 Å². The van der Waals surface area contributed by atoms with Gasteiger partial charge in [0.2, 0.25) is 0 Å². The van der Waals surface area contributed by atoms with Crippen molar-refractivity contribution in [1.82, 2.24) is 4.57 Å². The van der Waals surface area contributed by atoms with Gasteiger partial charge in [-0.2, -0.15) is 0 Å². The Kier molecular flexibility index (Phi) is 4.61. The molecule has 106 valence electrons. The van der Waals surface area contributed by atoms with E-state index >= 15 is 0 Å². The molecule has 1 unspecified atom stereocenters. The molecular formula is C17H21NO2. The first-order valence-electron chi connectivity index (χ1n) is 7.02. The Labute approximate surface area is 119 Å². The molecular weight excluding hydrogens is 250 g/mol. The zero-order valence-corrected chi connectivity index (χ0v) is 12.3. The molecule has 3 nitrogen and oxygen atoms in total. The maximum Gasteiger partial charge on any atom is 0.250 e. The van der Waals surface area contributed by atoms with Crippen molar-refractivity contribution in [3.05, 3.63) is 52.9 Å². The fourth-order valence-corrected chi connectivity index (χ4v) is 2.36. The van der Waals surface area contributed by atoms with Gasteiger partial charge in [0, 0.05) is 18.3 Å². The maximum absolute atomic E-state index is 12.0. The van der Waals surface area contributed by atoms with Crippen LogP contribution in [0.4, 0.5) is 0 Å². The lowest BCUT2D eigenvalue weighted by molar-refractivity contribution is 0.415. The molecule has 20 heavy (non-hydrogen) atoms. The number of benzene rings is 1. The Bertz CT molecular complexity index is 614. The molecule has 3 heteroatoms. The molecule has 0 amide bonds. The summed E-state index contributed by atoms with van der Waals surface area (Å²) in [5.41, 5.74) is 2.20. The second-order valence-electron chi connectivity index (χ2n) is 5.03. The van der Waals surface area contributed by atoms with Gasteiger partial charge in [0.1, 0.15) is 5.75 Å². The molecule has 0 saturated heterocycles. The van der Waals surface area contributed by atoms with E-state index in [9.17, 15) is 4.79 Å².